The molecule has 0 aliphatic carbocycles. The molecule has 0 bridgehead atoms. The molecule has 1 aromatic rings. The summed E-state index contributed by atoms with van der Waals surface area (Å²) in [6.07, 6.45) is 2.01. The summed E-state index contributed by atoms with van der Waals surface area (Å²) in [5, 5.41) is 6.67. The van der Waals surface area contributed by atoms with Gasteiger partial charge in [-0.1, -0.05) is 5.16 Å². The zero-order chi connectivity index (χ0) is 12.7. The van der Waals surface area contributed by atoms with Crippen LogP contribution in [-0.4, -0.2) is 46.6 Å². The molecule has 0 spiro atoms. The first kappa shape index (κ1) is 13.6. The number of aromatic nitrogens is 2. The molecule has 0 aromatic carbocycles. The maximum Gasteiger partial charge on any atom is 0.239 e. The average molecular weight is 240 g/mol. The van der Waals surface area contributed by atoms with Gasteiger partial charge in [0.15, 0.2) is 6.33 Å². The molecule has 1 aromatic heterocycles. The van der Waals surface area contributed by atoms with E-state index in [1.165, 1.54) is 6.33 Å². The molecular weight excluding hydrogens is 220 g/mol. The van der Waals surface area contributed by atoms with Crippen LogP contribution in [0.5, 0.6) is 0 Å². The third-order valence-electron chi connectivity index (χ3n) is 2.64. The number of likely N-dealkylation sites (N-methyl/N-ethyl adjacent to an activating group) is 1. The van der Waals surface area contributed by atoms with Crippen LogP contribution in [0, 0.1) is 0 Å². The minimum atomic E-state index is -0.183. The van der Waals surface area contributed by atoms with Gasteiger partial charge in [-0.05, 0) is 20.8 Å². The lowest BCUT2D eigenvalue weighted by Crippen LogP contribution is -2.45. The highest BCUT2D eigenvalue weighted by molar-refractivity contribution is 5.81. The maximum absolute atomic E-state index is 11.9. The number of rotatable bonds is 7. The van der Waals surface area contributed by atoms with Gasteiger partial charge in [0.25, 0.3) is 0 Å². The first-order valence-corrected chi connectivity index (χ1v) is 5.96. The highest BCUT2D eigenvalue weighted by Crippen LogP contribution is 1.96. The highest BCUT2D eigenvalue weighted by Gasteiger charge is 2.17. The SMILES string of the molecule is CCN(CC)C(=O)C(C)NCCc1ncno1. The molecule has 17 heavy (non-hydrogen) atoms. The third-order valence-corrected chi connectivity index (χ3v) is 2.64. The van der Waals surface area contributed by atoms with Gasteiger partial charge in [0.1, 0.15) is 0 Å². The summed E-state index contributed by atoms with van der Waals surface area (Å²) < 4.78 is 4.87. The molecule has 96 valence electrons. The molecular formula is C11H20N4O2. The molecule has 1 unspecified atom stereocenters. The summed E-state index contributed by atoms with van der Waals surface area (Å²) in [4.78, 5) is 17.6. The average Bonchev–Trinajstić information content (AvgIpc) is 2.83. The van der Waals surface area contributed by atoms with Gasteiger partial charge in [0.2, 0.25) is 11.8 Å². The largest absolute Gasteiger partial charge is 0.342 e. The second-order valence-electron chi connectivity index (χ2n) is 3.77. The van der Waals surface area contributed by atoms with E-state index in [1.54, 1.807) is 0 Å². The summed E-state index contributed by atoms with van der Waals surface area (Å²) in [5.41, 5.74) is 0. The Morgan fingerprint density at radius 1 is 1.53 bits per heavy atom. The first-order chi connectivity index (χ1) is 8.19. The molecule has 1 atom stereocenters. The smallest absolute Gasteiger partial charge is 0.239 e. The van der Waals surface area contributed by atoms with Gasteiger partial charge < -0.3 is 14.7 Å². The molecule has 6 nitrogen and oxygen atoms in total. The summed E-state index contributed by atoms with van der Waals surface area (Å²) in [6, 6.07) is -0.183. The standard InChI is InChI=1S/C11H20N4O2/c1-4-15(5-2)11(16)9(3)12-7-6-10-13-8-14-17-10/h8-9,12H,4-7H2,1-3H3. The van der Waals surface area contributed by atoms with E-state index in [9.17, 15) is 4.79 Å². The normalized spacial score (nSPS) is 12.4. The number of carbonyl (C=O) groups excluding carboxylic acids is 1. The Balaban J connectivity index is 2.28. The quantitative estimate of drug-likeness (QED) is 0.749. The van der Waals surface area contributed by atoms with Crippen molar-refractivity contribution in [1.82, 2.24) is 20.4 Å². The Kier molecular flexibility index (Phi) is 5.62. The Morgan fingerprint density at radius 2 is 2.24 bits per heavy atom. The number of hydrogen-bond acceptors (Lipinski definition) is 5. The van der Waals surface area contributed by atoms with Crippen LogP contribution >= 0.6 is 0 Å². The van der Waals surface area contributed by atoms with Crippen molar-refractivity contribution < 1.29 is 9.32 Å². The minimum Gasteiger partial charge on any atom is -0.342 e. The minimum absolute atomic E-state index is 0.125. The lowest BCUT2D eigenvalue weighted by Gasteiger charge is -2.23. The van der Waals surface area contributed by atoms with Gasteiger partial charge in [0.05, 0.1) is 6.04 Å². The van der Waals surface area contributed by atoms with Gasteiger partial charge in [-0.15, -0.1) is 0 Å². The molecule has 0 fully saturated rings. The van der Waals surface area contributed by atoms with Crippen molar-refractivity contribution >= 4 is 5.91 Å². The molecule has 1 heterocycles. The zero-order valence-electron chi connectivity index (χ0n) is 10.6. The third kappa shape index (κ3) is 4.14. The van der Waals surface area contributed by atoms with Crippen molar-refractivity contribution in [2.45, 2.75) is 33.2 Å². The lowest BCUT2D eigenvalue weighted by atomic mass is 10.2. The Morgan fingerprint density at radius 3 is 2.76 bits per heavy atom. The van der Waals surface area contributed by atoms with Crippen LogP contribution in [-0.2, 0) is 11.2 Å². The van der Waals surface area contributed by atoms with Gasteiger partial charge in [0, 0.05) is 26.1 Å². The van der Waals surface area contributed by atoms with Crippen LogP contribution in [0.25, 0.3) is 0 Å². The predicted molar refractivity (Wildman–Crippen MR) is 63.4 cm³/mol. The van der Waals surface area contributed by atoms with Gasteiger partial charge >= 0.3 is 0 Å². The molecule has 1 rings (SSSR count). The lowest BCUT2D eigenvalue weighted by molar-refractivity contribution is -0.132. The van der Waals surface area contributed by atoms with Crippen LogP contribution in [0.2, 0.25) is 0 Å². The fraction of sp³-hybridized carbons (Fsp3) is 0.727. The van der Waals surface area contributed by atoms with E-state index in [2.05, 4.69) is 15.5 Å². The molecule has 1 N–H and O–H groups in total. The summed E-state index contributed by atoms with van der Waals surface area (Å²) >= 11 is 0. The molecule has 6 heteroatoms. The van der Waals surface area contributed by atoms with E-state index in [0.717, 1.165) is 13.1 Å². The summed E-state index contributed by atoms with van der Waals surface area (Å²) in [5.74, 6) is 0.709. The summed E-state index contributed by atoms with van der Waals surface area (Å²) in [7, 11) is 0. The van der Waals surface area contributed by atoms with Crippen molar-refractivity contribution in [2.75, 3.05) is 19.6 Å². The van der Waals surface area contributed by atoms with Crippen LogP contribution in [0.3, 0.4) is 0 Å². The maximum atomic E-state index is 11.9. The highest BCUT2D eigenvalue weighted by atomic mass is 16.5. The number of carbonyl (C=O) groups is 1. The van der Waals surface area contributed by atoms with E-state index in [1.807, 2.05) is 25.7 Å². The van der Waals surface area contributed by atoms with Crippen molar-refractivity contribution in [3.8, 4) is 0 Å². The van der Waals surface area contributed by atoms with Crippen LogP contribution < -0.4 is 5.32 Å². The Bertz CT molecular complexity index is 322. The van der Waals surface area contributed by atoms with E-state index in [-0.39, 0.29) is 11.9 Å². The molecule has 1 amide bonds. The van der Waals surface area contributed by atoms with Crippen molar-refractivity contribution in [3.05, 3.63) is 12.2 Å². The molecule has 0 aliphatic heterocycles. The monoisotopic (exact) mass is 240 g/mol. The van der Waals surface area contributed by atoms with Gasteiger partial charge in [-0.2, -0.15) is 4.98 Å². The Labute approximate surface area is 101 Å². The molecule has 0 radical (unpaired) electrons. The Hall–Kier alpha value is -1.43. The fourth-order valence-corrected chi connectivity index (χ4v) is 1.60. The van der Waals surface area contributed by atoms with Crippen molar-refractivity contribution in [1.29, 1.82) is 0 Å². The molecule has 0 aliphatic rings. The first-order valence-electron chi connectivity index (χ1n) is 5.96. The van der Waals surface area contributed by atoms with Gasteiger partial charge in [-0.25, -0.2) is 0 Å². The van der Waals surface area contributed by atoms with E-state index in [4.69, 9.17) is 4.52 Å². The second kappa shape index (κ2) is 7.01. The van der Waals surface area contributed by atoms with Gasteiger partial charge in [-0.3, -0.25) is 4.79 Å². The topological polar surface area (TPSA) is 71.3 Å². The zero-order valence-corrected chi connectivity index (χ0v) is 10.6. The number of nitrogens with one attached hydrogen (secondary N) is 1. The van der Waals surface area contributed by atoms with E-state index < -0.39 is 0 Å². The van der Waals surface area contributed by atoms with E-state index in [0.29, 0.717) is 18.9 Å². The van der Waals surface area contributed by atoms with E-state index >= 15 is 0 Å². The summed E-state index contributed by atoms with van der Waals surface area (Å²) in [6.45, 7) is 7.96. The second-order valence-corrected chi connectivity index (χ2v) is 3.77. The number of hydrogen-bond donors (Lipinski definition) is 1. The molecule has 0 saturated heterocycles. The van der Waals surface area contributed by atoms with Crippen LogP contribution in [0.15, 0.2) is 10.9 Å². The molecule has 0 saturated carbocycles. The van der Waals surface area contributed by atoms with Crippen LogP contribution in [0.1, 0.15) is 26.7 Å². The number of amides is 1. The van der Waals surface area contributed by atoms with Crippen LogP contribution in [0.4, 0.5) is 0 Å². The predicted octanol–water partition coefficient (Wildman–Crippen LogP) is 0.459. The van der Waals surface area contributed by atoms with Crippen molar-refractivity contribution in [2.24, 2.45) is 0 Å². The fourth-order valence-electron chi connectivity index (χ4n) is 1.60. The number of nitrogens with zero attached hydrogens (tertiary/aromatic N) is 3. The van der Waals surface area contributed by atoms with Crippen molar-refractivity contribution in [3.63, 3.8) is 0 Å².